The van der Waals surface area contributed by atoms with Gasteiger partial charge in [-0.05, 0) is 12.1 Å². The molecule has 1 saturated heterocycles. The summed E-state index contributed by atoms with van der Waals surface area (Å²) in [5, 5.41) is 12.9. The molecular weight excluding hydrogens is 312 g/mol. The molecule has 0 aliphatic carbocycles. The predicted molar refractivity (Wildman–Crippen MR) is 82.7 cm³/mol. The van der Waals surface area contributed by atoms with Crippen LogP contribution in [0.1, 0.15) is 23.8 Å². The van der Waals surface area contributed by atoms with Crippen molar-refractivity contribution in [1.82, 2.24) is 10.1 Å². The summed E-state index contributed by atoms with van der Waals surface area (Å²) in [7, 11) is 0. The van der Waals surface area contributed by atoms with Gasteiger partial charge < -0.3 is 24.0 Å². The van der Waals surface area contributed by atoms with Crippen molar-refractivity contribution >= 4 is 5.91 Å². The number of fused-ring (bicyclic) bond motifs is 1. The first-order chi connectivity index (χ1) is 11.7. The number of amides is 1. The first kappa shape index (κ1) is 15.0. The van der Waals surface area contributed by atoms with Gasteiger partial charge in [-0.15, -0.1) is 0 Å². The summed E-state index contributed by atoms with van der Waals surface area (Å²) in [6.45, 7) is 1.44. The normalized spacial score (nSPS) is 19.9. The molecule has 7 nitrogen and oxygen atoms in total. The Bertz CT molecular complexity index is 738. The van der Waals surface area contributed by atoms with Crippen molar-refractivity contribution in [3.63, 3.8) is 0 Å². The molecule has 2 aliphatic rings. The lowest BCUT2D eigenvalue weighted by molar-refractivity contribution is -0.138. The second-order valence-corrected chi connectivity index (χ2v) is 6.07. The van der Waals surface area contributed by atoms with E-state index >= 15 is 0 Å². The summed E-state index contributed by atoms with van der Waals surface area (Å²) in [6, 6.07) is 9.20. The molecule has 1 fully saturated rings. The van der Waals surface area contributed by atoms with Gasteiger partial charge in [-0.25, -0.2) is 0 Å². The fourth-order valence-electron chi connectivity index (χ4n) is 2.95. The number of ether oxygens (including phenoxy) is 2. The molecule has 2 aliphatic heterocycles. The number of likely N-dealkylation sites (tertiary alicyclic amines) is 1. The van der Waals surface area contributed by atoms with Crippen molar-refractivity contribution in [3.05, 3.63) is 41.8 Å². The Morgan fingerprint density at radius 1 is 1.29 bits per heavy atom. The topological polar surface area (TPSA) is 85.0 Å². The molecule has 1 aromatic heterocycles. The lowest BCUT2D eigenvalue weighted by atomic mass is 9.95. The quantitative estimate of drug-likeness (QED) is 0.910. The van der Waals surface area contributed by atoms with E-state index in [1.165, 1.54) is 0 Å². The molecular formula is C17H18N2O5. The molecule has 0 radical (unpaired) electrons. The van der Waals surface area contributed by atoms with Crippen molar-refractivity contribution < 1.29 is 23.9 Å². The van der Waals surface area contributed by atoms with Gasteiger partial charge in [0.1, 0.15) is 19.3 Å². The van der Waals surface area contributed by atoms with Crippen LogP contribution >= 0.6 is 0 Å². The van der Waals surface area contributed by atoms with Crippen LogP contribution in [0.2, 0.25) is 0 Å². The molecule has 1 unspecified atom stereocenters. The molecule has 1 amide bonds. The fourth-order valence-corrected chi connectivity index (χ4v) is 2.95. The maximum atomic E-state index is 12.4. The highest BCUT2D eigenvalue weighted by Crippen LogP contribution is 2.32. The van der Waals surface area contributed by atoms with E-state index < -0.39 is 0 Å². The Kier molecular flexibility index (Phi) is 3.86. The van der Waals surface area contributed by atoms with E-state index in [4.69, 9.17) is 19.1 Å². The van der Waals surface area contributed by atoms with Gasteiger partial charge >= 0.3 is 0 Å². The third kappa shape index (κ3) is 2.82. The van der Waals surface area contributed by atoms with Crippen LogP contribution in [0.4, 0.5) is 0 Å². The van der Waals surface area contributed by atoms with Crippen molar-refractivity contribution in [3.8, 4) is 11.5 Å². The van der Waals surface area contributed by atoms with E-state index in [0.717, 1.165) is 11.4 Å². The minimum atomic E-state index is -0.264. The van der Waals surface area contributed by atoms with E-state index in [0.29, 0.717) is 37.6 Å². The van der Waals surface area contributed by atoms with Gasteiger partial charge in [0.05, 0.1) is 12.1 Å². The Balaban J connectivity index is 1.29. The monoisotopic (exact) mass is 330 g/mol. The number of para-hydroxylation sites is 2. The van der Waals surface area contributed by atoms with Gasteiger partial charge in [-0.3, -0.25) is 4.79 Å². The molecule has 1 N–H and O–H groups in total. The summed E-state index contributed by atoms with van der Waals surface area (Å²) in [6.07, 6.45) is 0.0291. The molecule has 0 spiro atoms. The smallest absolute Gasteiger partial charge is 0.226 e. The molecule has 0 bridgehead atoms. The zero-order chi connectivity index (χ0) is 16.5. The maximum absolute atomic E-state index is 12.4. The third-order valence-corrected chi connectivity index (χ3v) is 4.36. The number of aliphatic hydroxyl groups is 1. The van der Waals surface area contributed by atoms with Gasteiger partial charge in [0.2, 0.25) is 5.91 Å². The predicted octanol–water partition coefficient (Wildman–Crippen LogP) is 1.32. The van der Waals surface area contributed by atoms with Gasteiger partial charge in [0.15, 0.2) is 17.3 Å². The zero-order valence-corrected chi connectivity index (χ0v) is 13.1. The highest BCUT2D eigenvalue weighted by atomic mass is 16.6. The number of hydrogen-bond donors (Lipinski definition) is 1. The highest BCUT2D eigenvalue weighted by molar-refractivity contribution is 5.78. The average Bonchev–Trinajstić information content (AvgIpc) is 3.02. The molecule has 24 heavy (non-hydrogen) atoms. The van der Waals surface area contributed by atoms with Crippen LogP contribution in [0, 0.1) is 0 Å². The van der Waals surface area contributed by atoms with Crippen LogP contribution in [0.15, 0.2) is 34.9 Å². The van der Waals surface area contributed by atoms with Crippen LogP contribution in [0.25, 0.3) is 0 Å². The number of benzene rings is 1. The minimum absolute atomic E-state index is 0.0464. The average molecular weight is 330 g/mol. The van der Waals surface area contributed by atoms with E-state index in [9.17, 15) is 4.79 Å². The molecule has 0 saturated carbocycles. The van der Waals surface area contributed by atoms with Crippen molar-refractivity contribution in [2.45, 2.75) is 25.0 Å². The number of nitrogens with zero attached hydrogens (tertiary/aromatic N) is 2. The van der Waals surface area contributed by atoms with Crippen LogP contribution in [0.5, 0.6) is 11.5 Å². The standard InChI is InChI=1S/C17H18N2O5/c20-9-12-5-14(18-24-12)11-7-19(8-11)17(21)6-13-10-22-15-3-1-2-4-16(15)23-13/h1-5,11,13,20H,6-10H2. The van der Waals surface area contributed by atoms with E-state index in [1.807, 2.05) is 24.3 Å². The van der Waals surface area contributed by atoms with E-state index in [1.54, 1.807) is 11.0 Å². The molecule has 126 valence electrons. The number of aromatic nitrogens is 1. The summed E-state index contributed by atoms with van der Waals surface area (Å²) in [5.74, 6) is 2.06. The highest BCUT2D eigenvalue weighted by Gasteiger charge is 2.35. The largest absolute Gasteiger partial charge is 0.486 e. The third-order valence-electron chi connectivity index (χ3n) is 4.36. The SMILES string of the molecule is O=C(CC1COc2ccccc2O1)N1CC(c2cc(CO)on2)C1. The van der Waals surface area contributed by atoms with Crippen LogP contribution in [0.3, 0.4) is 0 Å². The summed E-state index contributed by atoms with van der Waals surface area (Å²) in [4.78, 5) is 14.1. The lowest BCUT2D eigenvalue weighted by Crippen LogP contribution is -2.50. The molecule has 1 aromatic carbocycles. The van der Waals surface area contributed by atoms with Crippen LogP contribution in [-0.4, -0.2) is 46.9 Å². The number of rotatable bonds is 4. The van der Waals surface area contributed by atoms with Gasteiger partial charge in [0, 0.05) is 25.1 Å². The Labute approximate surface area is 138 Å². The van der Waals surface area contributed by atoms with Crippen molar-refractivity contribution in [1.29, 1.82) is 0 Å². The summed E-state index contributed by atoms with van der Waals surface area (Å²) >= 11 is 0. The Morgan fingerprint density at radius 3 is 2.83 bits per heavy atom. The lowest BCUT2D eigenvalue weighted by Gasteiger charge is -2.39. The molecule has 3 heterocycles. The number of hydrogen-bond acceptors (Lipinski definition) is 6. The van der Waals surface area contributed by atoms with Crippen LogP contribution in [-0.2, 0) is 11.4 Å². The maximum Gasteiger partial charge on any atom is 0.226 e. The second kappa shape index (κ2) is 6.16. The van der Waals surface area contributed by atoms with E-state index in [2.05, 4.69) is 5.16 Å². The van der Waals surface area contributed by atoms with Crippen molar-refractivity contribution in [2.75, 3.05) is 19.7 Å². The molecule has 2 aromatic rings. The first-order valence-corrected chi connectivity index (χ1v) is 7.95. The van der Waals surface area contributed by atoms with Gasteiger partial charge in [0.25, 0.3) is 0 Å². The first-order valence-electron chi connectivity index (χ1n) is 7.95. The summed E-state index contributed by atoms with van der Waals surface area (Å²) in [5.41, 5.74) is 0.786. The fraction of sp³-hybridized carbons (Fsp3) is 0.412. The summed E-state index contributed by atoms with van der Waals surface area (Å²) < 4.78 is 16.4. The van der Waals surface area contributed by atoms with Crippen LogP contribution < -0.4 is 9.47 Å². The van der Waals surface area contributed by atoms with Gasteiger partial charge in [-0.2, -0.15) is 0 Å². The number of carbonyl (C=O) groups excluding carboxylic acids is 1. The Morgan fingerprint density at radius 2 is 2.08 bits per heavy atom. The molecule has 4 rings (SSSR count). The van der Waals surface area contributed by atoms with Gasteiger partial charge in [-0.1, -0.05) is 17.3 Å². The van der Waals surface area contributed by atoms with Crippen molar-refractivity contribution in [2.24, 2.45) is 0 Å². The van der Waals surface area contributed by atoms with E-state index in [-0.39, 0.29) is 24.5 Å². The second-order valence-electron chi connectivity index (χ2n) is 6.07. The minimum Gasteiger partial charge on any atom is -0.486 e. The number of carbonyl (C=O) groups is 1. The number of aliphatic hydroxyl groups excluding tert-OH is 1. The molecule has 1 atom stereocenters. The molecule has 7 heteroatoms. The Hall–Kier alpha value is -2.54. The zero-order valence-electron chi connectivity index (χ0n) is 13.1.